The zero-order valence-electron chi connectivity index (χ0n) is 18.3. The molecule has 0 amide bonds. The summed E-state index contributed by atoms with van der Waals surface area (Å²) in [6, 6.07) is 0. The Hall–Kier alpha value is -0.530. The molecule has 4 rings (SSSR count). The Balaban J connectivity index is 1.74. The van der Waals surface area contributed by atoms with E-state index < -0.39 is 52.8 Å². The van der Waals surface area contributed by atoms with E-state index in [-0.39, 0.29) is 24.0 Å². The molecule has 0 unspecified atom stereocenters. The number of aliphatic hydroxyl groups is 1. The lowest BCUT2D eigenvalue weighted by Crippen LogP contribution is -2.67. The summed E-state index contributed by atoms with van der Waals surface area (Å²) in [5.41, 5.74) is -2.47. The topological polar surface area (TPSA) is 121 Å². The number of allylic oxidation sites excluding steroid dienone is 4. The zero-order valence-corrected chi connectivity index (χ0v) is 20.7. The van der Waals surface area contributed by atoms with Gasteiger partial charge in [-0.25, -0.2) is 4.57 Å². The van der Waals surface area contributed by atoms with E-state index in [4.69, 9.17) is 33.0 Å². The van der Waals surface area contributed by atoms with E-state index in [1.54, 1.807) is 13.0 Å². The number of ketones is 2. The number of phosphoric acid groups is 1. The van der Waals surface area contributed by atoms with Crippen LogP contribution in [0.3, 0.4) is 0 Å². The van der Waals surface area contributed by atoms with Crippen molar-refractivity contribution in [1.29, 1.82) is 0 Å². The van der Waals surface area contributed by atoms with E-state index >= 15 is 0 Å². The smallest absolute Gasteiger partial charge is 0.381 e. The SMILES string of the molecule is C[C@@H]1C[C@H]2[C@@H]3CCC4=CC(=O)C=C[C@]4(C)[C@@]3(Cl)[C@@H](Cl)C[C@]2(C)[C@@]1(O)C(=O)COP(=O)(O)O. The number of rotatable bonds is 4. The number of fused-ring (bicyclic) bond motifs is 5. The average molecular weight is 507 g/mol. The van der Waals surface area contributed by atoms with E-state index in [9.17, 15) is 19.3 Å². The predicted octanol–water partition coefficient (Wildman–Crippen LogP) is 3.53. The molecule has 3 N–H and O–H groups in total. The van der Waals surface area contributed by atoms with Gasteiger partial charge >= 0.3 is 7.82 Å². The van der Waals surface area contributed by atoms with Gasteiger partial charge in [0.25, 0.3) is 0 Å². The third kappa shape index (κ3) is 3.12. The second-order valence-electron chi connectivity index (χ2n) is 10.3. The Kier molecular flexibility index (Phi) is 5.75. The number of hydrogen-bond acceptors (Lipinski definition) is 5. The van der Waals surface area contributed by atoms with E-state index in [1.165, 1.54) is 6.08 Å². The fourth-order valence-electron chi connectivity index (χ4n) is 7.33. The van der Waals surface area contributed by atoms with Gasteiger partial charge in [0.1, 0.15) is 12.2 Å². The van der Waals surface area contributed by atoms with E-state index in [2.05, 4.69) is 4.52 Å². The minimum atomic E-state index is -4.87. The Labute approximate surface area is 197 Å². The van der Waals surface area contributed by atoms with Crippen molar-refractivity contribution in [2.45, 2.75) is 62.3 Å². The maximum Gasteiger partial charge on any atom is 0.470 e. The number of carbonyl (C=O) groups excluding carboxylic acids is 2. The Morgan fingerprint density at radius 1 is 1.31 bits per heavy atom. The molecular formula is C22H29Cl2O7P. The lowest BCUT2D eigenvalue weighted by molar-refractivity contribution is -0.167. The van der Waals surface area contributed by atoms with Crippen LogP contribution in [0.15, 0.2) is 23.8 Å². The maximum atomic E-state index is 13.1. The summed E-state index contributed by atoms with van der Waals surface area (Å²) >= 11 is 14.4. The van der Waals surface area contributed by atoms with Crippen LogP contribution in [0.4, 0.5) is 0 Å². The van der Waals surface area contributed by atoms with Crippen molar-refractivity contribution in [3.8, 4) is 0 Å². The van der Waals surface area contributed by atoms with Crippen LogP contribution in [-0.4, -0.2) is 48.9 Å². The summed E-state index contributed by atoms with van der Waals surface area (Å²) in [5.74, 6) is -1.56. The first kappa shape index (κ1) is 24.6. The van der Waals surface area contributed by atoms with Crippen molar-refractivity contribution < 1.29 is 33.6 Å². The van der Waals surface area contributed by atoms with Gasteiger partial charge in [-0.2, -0.15) is 0 Å². The molecule has 4 aliphatic carbocycles. The van der Waals surface area contributed by atoms with Crippen molar-refractivity contribution in [3.05, 3.63) is 23.8 Å². The van der Waals surface area contributed by atoms with Crippen LogP contribution in [0, 0.1) is 28.6 Å². The third-order valence-corrected chi connectivity index (χ3v) is 11.0. The van der Waals surface area contributed by atoms with Gasteiger partial charge in [-0.3, -0.25) is 14.1 Å². The van der Waals surface area contributed by atoms with Crippen LogP contribution in [0.1, 0.15) is 46.5 Å². The van der Waals surface area contributed by atoms with Gasteiger partial charge in [0.05, 0.1) is 10.3 Å². The lowest BCUT2D eigenvalue weighted by atomic mass is 9.46. The van der Waals surface area contributed by atoms with Gasteiger partial charge in [-0.1, -0.05) is 32.4 Å². The molecule has 3 fully saturated rings. The first-order chi connectivity index (χ1) is 14.6. The Morgan fingerprint density at radius 2 is 1.97 bits per heavy atom. The van der Waals surface area contributed by atoms with Gasteiger partial charge in [0.15, 0.2) is 11.6 Å². The predicted molar refractivity (Wildman–Crippen MR) is 119 cm³/mol. The van der Waals surface area contributed by atoms with Crippen molar-refractivity contribution in [3.63, 3.8) is 0 Å². The molecule has 3 saturated carbocycles. The lowest BCUT2D eigenvalue weighted by Gasteiger charge is -2.63. The first-order valence-electron chi connectivity index (χ1n) is 10.8. The van der Waals surface area contributed by atoms with Gasteiger partial charge < -0.3 is 14.9 Å². The van der Waals surface area contributed by atoms with Crippen LogP contribution < -0.4 is 0 Å². The molecule has 0 heterocycles. The van der Waals surface area contributed by atoms with Crippen LogP contribution in [0.2, 0.25) is 0 Å². The molecular weight excluding hydrogens is 478 g/mol. The maximum absolute atomic E-state index is 13.1. The zero-order chi connectivity index (χ0) is 23.9. The summed E-state index contributed by atoms with van der Waals surface area (Å²) in [6.07, 6.45) is 7.14. The molecule has 0 radical (unpaired) electrons. The molecule has 0 spiro atoms. The summed E-state index contributed by atoms with van der Waals surface area (Å²) in [7, 11) is -4.87. The Morgan fingerprint density at radius 3 is 2.59 bits per heavy atom. The molecule has 0 aliphatic heterocycles. The molecule has 32 heavy (non-hydrogen) atoms. The highest BCUT2D eigenvalue weighted by Gasteiger charge is 2.74. The molecule has 0 aromatic heterocycles. The highest BCUT2D eigenvalue weighted by molar-refractivity contribution is 7.46. The fourth-order valence-corrected chi connectivity index (χ4v) is 8.85. The number of halogens is 2. The normalized spacial score (nSPS) is 48.0. The fraction of sp³-hybridized carbons (Fsp3) is 0.727. The minimum absolute atomic E-state index is 0.0671. The molecule has 10 heteroatoms. The number of carbonyl (C=O) groups is 2. The number of hydrogen-bond donors (Lipinski definition) is 3. The van der Waals surface area contributed by atoms with Crippen molar-refractivity contribution in [2.24, 2.45) is 28.6 Å². The van der Waals surface area contributed by atoms with Crippen LogP contribution >= 0.6 is 31.0 Å². The van der Waals surface area contributed by atoms with E-state index in [0.717, 1.165) is 5.57 Å². The van der Waals surface area contributed by atoms with E-state index in [1.807, 2.05) is 19.9 Å². The highest BCUT2D eigenvalue weighted by atomic mass is 35.5. The van der Waals surface area contributed by atoms with Crippen molar-refractivity contribution in [2.75, 3.05) is 6.61 Å². The standard InChI is InChI=1S/C22H29Cl2O7P/c1-12-8-16-15-5-4-13-9-14(25)6-7-19(13,2)21(15,24)17(23)10-20(16,3)22(12,27)18(26)11-31-32(28,29)30/h6-7,9,12,15-17,27H,4-5,8,10-11H2,1-3H3,(H2,28,29,30)/t12-,15+,16+,17+,19+,20+,21+,22+/m1/s1. The summed E-state index contributed by atoms with van der Waals surface area (Å²) < 4.78 is 15.6. The monoisotopic (exact) mass is 506 g/mol. The van der Waals surface area contributed by atoms with Crippen LogP contribution in [0.25, 0.3) is 0 Å². The second-order valence-corrected chi connectivity index (χ2v) is 12.7. The molecule has 178 valence electrons. The van der Waals surface area contributed by atoms with Gasteiger partial charge in [0.2, 0.25) is 0 Å². The minimum Gasteiger partial charge on any atom is -0.381 e. The molecule has 0 saturated heterocycles. The van der Waals surface area contributed by atoms with Gasteiger partial charge in [0, 0.05) is 10.8 Å². The van der Waals surface area contributed by atoms with Gasteiger partial charge in [-0.05, 0) is 55.6 Å². The van der Waals surface area contributed by atoms with Gasteiger partial charge in [-0.15, -0.1) is 23.2 Å². The second kappa shape index (κ2) is 7.48. The number of phosphoric ester groups is 1. The highest BCUT2D eigenvalue weighted by Crippen LogP contribution is 2.72. The molecule has 0 bridgehead atoms. The van der Waals surface area contributed by atoms with Crippen molar-refractivity contribution >= 4 is 42.6 Å². The van der Waals surface area contributed by atoms with Crippen LogP contribution in [0.5, 0.6) is 0 Å². The molecule has 0 aromatic carbocycles. The molecule has 7 nitrogen and oxygen atoms in total. The average Bonchev–Trinajstić information content (AvgIpc) is 2.89. The summed E-state index contributed by atoms with van der Waals surface area (Å²) in [4.78, 5) is 42.2. The van der Waals surface area contributed by atoms with Crippen molar-refractivity contribution in [1.82, 2.24) is 0 Å². The molecule has 8 atom stereocenters. The third-order valence-electron chi connectivity index (χ3n) is 8.97. The molecule has 0 aromatic rings. The first-order valence-corrected chi connectivity index (χ1v) is 13.2. The summed E-state index contributed by atoms with van der Waals surface area (Å²) in [5, 5.41) is 11.1. The quantitative estimate of drug-likeness (QED) is 0.393. The number of alkyl halides is 2. The van der Waals surface area contributed by atoms with E-state index in [0.29, 0.717) is 19.3 Å². The molecule has 4 aliphatic rings. The summed E-state index contributed by atoms with van der Waals surface area (Å²) in [6.45, 7) is 4.72. The van der Waals surface area contributed by atoms with Crippen LogP contribution in [-0.2, 0) is 18.7 Å². The largest absolute Gasteiger partial charge is 0.470 e. The Bertz CT molecular complexity index is 975. The number of Topliss-reactive ketones (excluding diaryl/α,β-unsaturated/α-hetero) is 1.